The normalized spacial score (nSPS) is 15.8. The Bertz CT molecular complexity index is 944. The second-order valence-corrected chi connectivity index (χ2v) is 7.56. The number of rotatable bonds is 3. The lowest BCUT2D eigenvalue weighted by Gasteiger charge is -2.32. The molecule has 0 amide bonds. The minimum atomic E-state index is -0.418. The van der Waals surface area contributed by atoms with Crippen LogP contribution in [0.15, 0.2) is 24.5 Å². The van der Waals surface area contributed by atoms with E-state index in [-0.39, 0.29) is 22.6 Å². The predicted molar refractivity (Wildman–Crippen MR) is 146 cm³/mol. The van der Waals surface area contributed by atoms with Crippen molar-refractivity contribution in [1.82, 2.24) is 15.0 Å². The molecule has 36 heavy (non-hydrogen) atoms. The van der Waals surface area contributed by atoms with E-state index in [1.807, 2.05) is 68.5 Å². The van der Waals surface area contributed by atoms with Crippen LogP contribution in [-0.4, -0.2) is 38.0 Å². The van der Waals surface area contributed by atoms with Gasteiger partial charge in [-0.2, -0.15) is 0 Å². The zero-order valence-corrected chi connectivity index (χ0v) is 23.6. The summed E-state index contributed by atoms with van der Waals surface area (Å²) in [5, 5.41) is 23.2. The number of aromatic nitrogens is 2. The van der Waals surface area contributed by atoms with E-state index in [0.717, 1.165) is 34.5 Å². The van der Waals surface area contributed by atoms with Crippen LogP contribution in [0.5, 0.6) is 0 Å². The van der Waals surface area contributed by atoms with Gasteiger partial charge in [0.05, 0.1) is 29.4 Å². The maximum absolute atomic E-state index is 11.2. The zero-order chi connectivity index (χ0) is 27.8. The van der Waals surface area contributed by atoms with Crippen LogP contribution in [0, 0.1) is 33.1 Å². The fourth-order valence-electron chi connectivity index (χ4n) is 4.44. The highest BCUT2D eigenvalue weighted by Gasteiger charge is 2.37. The first-order valence-electron chi connectivity index (χ1n) is 13.4. The number of fused-ring (bicyclic) bond motifs is 2. The maximum atomic E-state index is 11.2. The Kier molecular flexibility index (Phi) is 15.9. The number of hydrazine groups is 1. The molecule has 1 unspecified atom stereocenters. The van der Waals surface area contributed by atoms with Gasteiger partial charge in [-0.05, 0) is 55.2 Å². The maximum Gasteiger partial charge on any atom is 0.287 e. The first-order valence-corrected chi connectivity index (χ1v) is 13.4. The van der Waals surface area contributed by atoms with Gasteiger partial charge in [0.2, 0.25) is 0 Å². The van der Waals surface area contributed by atoms with Gasteiger partial charge in [0.1, 0.15) is 6.20 Å². The second-order valence-electron chi connectivity index (χ2n) is 7.56. The van der Waals surface area contributed by atoms with Gasteiger partial charge in [-0.3, -0.25) is 20.1 Å². The quantitative estimate of drug-likeness (QED) is 0.329. The van der Waals surface area contributed by atoms with Gasteiger partial charge in [-0.15, -0.1) is 5.01 Å². The third-order valence-corrected chi connectivity index (χ3v) is 5.81. The molecule has 9 heteroatoms. The highest BCUT2D eigenvalue weighted by atomic mass is 16.7. The number of nitrogens with zero attached hydrogens (tertiary/aromatic N) is 5. The molecular formula is C27H45N5O4. The minimum Gasteiger partial charge on any atom is -0.260 e. The Hall–Kier alpha value is -3.10. The van der Waals surface area contributed by atoms with Crippen LogP contribution in [0.3, 0.4) is 0 Å². The summed E-state index contributed by atoms with van der Waals surface area (Å²) < 4.78 is 0. The predicted octanol–water partition coefficient (Wildman–Crippen LogP) is 6.93. The van der Waals surface area contributed by atoms with Gasteiger partial charge in [-0.1, -0.05) is 61.5 Å². The Morgan fingerprint density at radius 1 is 0.806 bits per heavy atom. The number of pyridine rings is 2. The summed E-state index contributed by atoms with van der Waals surface area (Å²) in [4.78, 5) is 31.1. The molecule has 2 aromatic heterocycles. The minimum absolute atomic E-state index is 0.00392. The van der Waals surface area contributed by atoms with Gasteiger partial charge in [0, 0.05) is 18.2 Å². The average molecular weight is 504 g/mol. The first-order chi connectivity index (χ1) is 17.4. The van der Waals surface area contributed by atoms with Gasteiger partial charge < -0.3 is 0 Å². The van der Waals surface area contributed by atoms with E-state index >= 15 is 0 Å². The molecule has 1 saturated heterocycles. The number of hydrogen-bond acceptors (Lipinski definition) is 6. The fourth-order valence-corrected chi connectivity index (χ4v) is 4.44. The van der Waals surface area contributed by atoms with Crippen LogP contribution in [0.1, 0.15) is 102 Å². The highest BCUT2D eigenvalue weighted by molar-refractivity contribution is 5.44. The topological polar surface area (TPSA) is 115 Å². The summed E-state index contributed by atoms with van der Waals surface area (Å²) in [6.07, 6.45) is 5.92. The van der Waals surface area contributed by atoms with Crippen molar-refractivity contribution >= 4 is 5.69 Å². The summed E-state index contributed by atoms with van der Waals surface area (Å²) in [6, 6.07) is 3.75. The molecule has 1 atom stereocenters. The van der Waals surface area contributed by atoms with E-state index in [1.54, 1.807) is 6.07 Å². The lowest BCUT2D eigenvalue weighted by Crippen LogP contribution is -2.39. The van der Waals surface area contributed by atoms with Gasteiger partial charge >= 0.3 is 0 Å². The van der Waals surface area contributed by atoms with Crippen molar-refractivity contribution in [1.29, 1.82) is 0 Å². The molecule has 202 valence electrons. The van der Waals surface area contributed by atoms with Crippen molar-refractivity contribution < 1.29 is 9.96 Å². The number of piperidine rings is 1. The van der Waals surface area contributed by atoms with Crippen molar-refractivity contribution in [3.63, 3.8) is 0 Å². The fraction of sp³-hybridized carbons (Fsp3) is 0.630. The molecule has 4 rings (SSSR count). The second kappa shape index (κ2) is 17.3. The third kappa shape index (κ3) is 8.24. The standard InChI is InChI=1S/C19H21N5O4.4C2H6/c1-12-8-14-2-3-15-9-16(23(25)26)11-21-19(15)17(18(14)20-10-12)13-4-6-22(7-5-13)24(27)28;4*1-2/h8-11,13,17H,2-7H2,1H3;4*1-2H3. The summed E-state index contributed by atoms with van der Waals surface area (Å²) in [5.41, 5.74) is 4.89. The monoisotopic (exact) mass is 503 g/mol. The van der Waals surface area contributed by atoms with E-state index in [1.165, 1.54) is 11.2 Å². The third-order valence-electron chi connectivity index (χ3n) is 5.81. The lowest BCUT2D eigenvalue weighted by molar-refractivity contribution is -0.658. The van der Waals surface area contributed by atoms with E-state index in [9.17, 15) is 20.2 Å². The molecule has 1 fully saturated rings. The summed E-state index contributed by atoms with van der Waals surface area (Å²) in [7, 11) is 0. The van der Waals surface area contributed by atoms with E-state index < -0.39 is 4.92 Å². The van der Waals surface area contributed by atoms with E-state index in [4.69, 9.17) is 4.98 Å². The van der Waals surface area contributed by atoms with Crippen molar-refractivity contribution in [2.75, 3.05) is 13.1 Å². The molecule has 0 saturated carbocycles. The number of hydrogen-bond donors (Lipinski definition) is 0. The molecule has 0 bridgehead atoms. The molecule has 3 heterocycles. The van der Waals surface area contributed by atoms with E-state index in [0.29, 0.717) is 32.4 Å². The van der Waals surface area contributed by atoms with Crippen LogP contribution < -0.4 is 0 Å². The molecular weight excluding hydrogens is 458 g/mol. The molecule has 0 aromatic carbocycles. The van der Waals surface area contributed by atoms with Crippen LogP contribution in [-0.2, 0) is 12.8 Å². The van der Waals surface area contributed by atoms with Crippen molar-refractivity contribution in [2.45, 2.75) is 93.9 Å². The summed E-state index contributed by atoms with van der Waals surface area (Å²) >= 11 is 0. The summed E-state index contributed by atoms with van der Waals surface area (Å²) in [6.45, 7) is 18.8. The van der Waals surface area contributed by atoms with Crippen LogP contribution in [0.4, 0.5) is 5.69 Å². The van der Waals surface area contributed by atoms with E-state index in [2.05, 4.69) is 11.1 Å². The van der Waals surface area contributed by atoms with Gasteiger partial charge in [0.15, 0.2) is 5.03 Å². The first kappa shape index (κ1) is 32.9. The molecule has 0 N–H and O–H groups in total. The van der Waals surface area contributed by atoms with Crippen molar-refractivity contribution in [2.24, 2.45) is 5.92 Å². The van der Waals surface area contributed by atoms with Gasteiger partial charge in [0.25, 0.3) is 5.69 Å². The molecule has 1 aliphatic carbocycles. The van der Waals surface area contributed by atoms with Crippen LogP contribution >= 0.6 is 0 Å². The largest absolute Gasteiger partial charge is 0.287 e. The molecule has 2 aliphatic rings. The molecule has 0 radical (unpaired) electrons. The van der Waals surface area contributed by atoms with Gasteiger partial charge in [-0.25, -0.2) is 10.1 Å². The highest BCUT2D eigenvalue weighted by Crippen LogP contribution is 2.42. The van der Waals surface area contributed by atoms with Crippen molar-refractivity contribution in [3.05, 3.63) is 72.8 Å². The van der Waals surface area contributed by atoms with Crippen LogP contribution in [0.2, 0.25) is 0 Å². The summed E-state index contributed by atoms with van der Waals surface area (Å²) in [5.74, 6) is 0.0683. The average Bonchev–Trinajstić information content (AvgIpc) is 3.09. The Morgan fingerprint density at radius 2 is 1.28 bits per heavy atom. The van der Waals surface area contributed by atoms with Crippen molar-refractivity contribution in [3.8, 4) is 0 Å². The SMILES string of the molecule is CC.CC.CC.CC.Cc1cnc2c(c1)CCc1cc([N+](=O)[O-])cnc1C2C1CCN([N+](=O)[O-])CC1. The zero-order valence-electron chi connectivity index (χ0n) is 23.6. The van der Waals surface area contributed by atoms with Crippen LogP contribution in [0.25, 0.3) is 0 Å². The Balaban J connectivity index is 0.00000140. The smallest absolute Gasteiger partial charge is 0.260 e. The molecule has 2 aromatic rings. The Labute approximate surface area is 216 Å². The number of nitro groups is 2. The Morgan fingerprint density at radius 3 is 1.75 bits per heavy atom. The molecule has 0 spiro atoms. The number of aryl methyl sites for hydroxylation is 3. The lowest BCUT2D eigenvalue weighted by atomic mass is 9.78. The molecule has 1 aliphatic heterocycles. The molecule has 9 nitrogen and oxygen atoms in total.